The van der Waals surface area contributed by atoms with Crippen LogP contribution in [0.25, 0.3) is 0 Å². The second-order valence-electron chi connectivity index (χ2n) is 11.0. The molecule has 4 aromatic rings. The van der Waals surface area contributed by atoms with Gasteiger partial charge in [0.2, 0.25) is 5.82 Å². The summed E-state index contributed by atoms with van der Waals surface area (Å²) in [6.45, 7) is 10.1. The van der Waals surface area contributed by atoms with Crippen LogP contribution in [0.2, 0.25) is 0 Å². The quantitative estimate of drug-likeness (QED) is 0.290. The van der Waals surface area contributed by atoms with Gasteiger partial charge in [0, 0.05) is 36.0 Å². The van der Waals surface area contributed by atoms with Crippen molar-refractivity contribution in [3.05, 3.63) is 95.2 Å². The molecule has 0 aliphatic carbocycles. The molecule has 4 rings (SSSR count). The van der Waals surface area contributed by atoms with E-state index in [1.165, 1.54) is 24.5 Å². The Morgan fingerprint density at radius 2 is 1.68 bits per heavy atom. The van der Waals surface area contributed by atoms with Crippen LogP contribution in [0.15, 0.2) is 61.1 Å². The Hall–Kier alpha value is -4.47. The van der Waals surface area contributed by atoms with E-state index >= 15 is 0 Å². The number of carbonyl (C=O) groups excluding carboxylic acids is 2. The van der Waals surface area contributed by atoms with Gasteiger partial charge in [0.05, 0.1) is 16.8 Å². The molecule has 0 radical (unpaired) electrons. The van der Waals surface area contributed by atoms with Gasteiger partial charge in [0.1, 0.15) is 11.6 Å². The molecule has 3 heterocycles. The molecule has 0 atom stereocenters. The topological polar surface area (TPSA) is 115 Å². The van der Waals surface area contributed by atoms with E-state index in [1.54, 1.807) is 35.1 Å². The third-order valence-corrected chi connectivity index (χ3v) is 6.06. The molecule has 0 unspecified atom stereocenters. The Kier molecular flexibility index (Phi) is 8.67. The summed E-state index contributed by atoms with van der Waals surface area (Å²) in [5.74, 6) is -0.114. The molecule has 2 N–H and O–H groups in total. The van der Waals surface area contributed by atoms with Gasteiger partial charge in [-0.2, -0.15) is 5.10 Å². The van der Waals surface area contributed by atoms with Gasteiger partial charge in [-0.05, 0) is 87.9 Å². The third kappa shape index (κ3) is 7.34. The number of amides is 2. The van der Waals surface area contributed by atoms with E-state index in [4.69, 9.17) is 0 Å². The lowest BCUT2D eigenvalue weighted by Crippen LogP contribution is -2.27. The minimum atomic E-state index is -0.447. The Bertz CT molecular complexity index is 1480. The first kappa shape index (κ1) is 28.5. The molecule has 9 nitrogen and oxygen atoms in total. The molecule has 0 aliphatic heterocycles. The Morgan fingerprint density at radius 1 is 0.925 bits per heavy atom. The van der Waals surface area contributed by atoms with Crippen molar-refractivity contribution in [1.82, 2.24) is 24.7 Å². The largest absolute Gasteiger partial charge is 0.322 e. The number of nitrogens with one attached hydrogen (secondary N) is 2. The minimum absolute atomic E-state index is 0.0499. The second kappa shape index (κ2) is 12.1. The number of hydrogen-bond donors (Lipinski definition) is 2. The number of benzene rings is 1. The van der Waals surface area contributed by atoms with E-state index in [0.29, 0.717) is 47.1 Å². The van der Waals surface area contributed by atoms with Crippen LogP contribution in [0.5, 0.6) is 0 Å². The number of hydrogen-bond acceptors (Lipinski definition) is 6. The monoisotopic (exact) mass is 543 g/mol. The zero-order valence-electron chi connectivity index (χ0n) is 23.4. The maximum Gasteiger partial charge on any atom is 0.294 e. The zero-order chi connectivity index (χ0) is 28.9. The third-order valence-electron chi connectivity index (χ3n) is 6.06. The molecule has 0 fully saturated rings. The second-order valence-corrected chi connectivity index (χ2v) is 11.0. The molecular formula is C30H34FN7O2. The SMILES string of the molecule is CC(C)Cc1ccc(C(=O)Nc2ccc(F)c(CCc3cc(NC(=O)c4ncccn4)n(C(C)(C)C)n3)c2)cn1. The Balaban J connectivity index is 1.45. The highest BCUT2D eigenvalue weighted by Crippen LogP contribution is 2.24. The summed E-state index contributed by atoms with van der Waals surface area (Å²) in [5, 5.41) is 10.3. The van der Waals surface area contributed by atoms with Crippen LogP contribution in [0, 0.1) is 11.7 Å². The summed E-state index contributed by atoms with van der Waals surface area (Å²) in [5.41, 5.74) is 2.55. The fourth-order valence-corrected chi connectivity index (χ4v) is 4.15. The van der Waals surface area contributed by atoms with E-state index in [1.807, 2.05) is 26.8 Å². The van der Waals surface area contributed by atoms with Gasteiger partial charge in [-0.1, -0.05) is 13.8 Å². The van der Waals surface area contributed by atoms with Crippen LogP contribution in [-0.4, -0.2) is 36.5 Å². The molecule has 0 aliphatic rings. The lowest BCUT2D eigenvalue weighted by molar-refractivity contribution is 0.101. The number of nitrogens with zero attached hydrogens (tertiary/aromatic N) is 5. The van der Waals surface area contributed by atoms with Crippen LogP contribution in [0.1, 0.15) is 72.5 Å². The van der Waals surface area contributed by atoms with Crippen LogP contribution in [0.3, 0.4) is 0 Å². The molecule has 0 spiro atoms. The number of pyridine rings is 1. The Labute approximate surface area is 233 Å². The Morgan fingerprint density at radius 3 is 2.33 bits per heavy atom. The van der Waals surface area contributed by atoms with Crippen molar-refractivity contribution in [3.63, 3.8) is 0 Å². The first-order chi connectivity index (χ1) is 19.0. The van der Waals surface area contributed by atoms with Crippen LogP contribution in [0.4, 0.5) is 15.9 Å². The minimum Gasteiger partial charge on any atom is -0.322 e. The lowest BCUT2D eigenvalue weighted by Gasteiger charge is -2.22. The summed E-state index contributed by atoms with van der Waals surface area (Å²) in [6.07, 6.45) is 6.16. The van der Waals surface area contributed by atoms with Gasteiger partial charge in [-0.25, -0.2) is 19.0 Å². The molecule has 208 valence electrons. The highest BCUT2D eigenvalue weighted by atomic mass is 19.1. The maximum absolute atomic E-state index is 14.7. The van der Waals surface area contributed by atoms with Gasteiger partial charge in [0.15, 0.2) is 0 Å². The molecule has 1 aromatic carbocycles. The van der Waals surface area contributed by atoms with Crippen LogP contribution < -0.4 is 10.6 Å². The van der Waals surface area contributed by atoms with E-state index < -0.39 is 11.4 Å². The van der Waals surface area contributed by atoms with E-state index in [0.717, 1.165) is 12.1 Å². The summed E-state index contributed by atoms with van der Waals surface area (Å²) >= 11 is 0. The number of halogens is 1. The van der Waals surface area contributed by atoms with Crippen molar-refractivity contribution in [2.45, 2.75) is 59.4 Å². The predicted molar refractivity (Wildman–Crippen MR) is 152 cm³/mol. The normalized spacial score (nSPS) is 11.5. The number of aryl methyl sites for hydroxylation is 2. The van der Waals surface area contributed by atoms with Crippen LogP contribution >= 0.6 is 0 Å². The van der Waals surface area contributed by atoms with Crippen molar-refractivity contribution in [1.29, 1.82) is 0 Å². The van der Waals surface area contributed by atoms with Crippen molar-refractivity contribution < 1.29 is 14.0 Å². The maximum atomic E-state index is 14.7. The van der Waals surface area contributed by atoms with E-state index in [9.17, 15) is 14.0 Å². The van der Waals surface area contributed by atoms with Gasteiger partial charge < -0.3 is 10.6 Å². The van der Waals surface area contributed by atoms with Crippen molar-refractivity contribution >= 4 is 23.3 Å². The van der Waals surface area contributed by atoms with Gasteiger partial charge >= 0.3 is 0 Å². The molecule has 0 saturated carbocycles. The number of aromatic nitrogens is 5. The zero-order valence-corrected chi connectivity index (χ0v) is 23.4. The predicted octanol–water partition coefficient (Wildman–Crippen LogP) is 5.45. The van der Waals surface area contributed by atoms with Crippen LogP contribution in [-0.2, 0) is 24.8 Å². The molecule has 0 bridgehead atoms. The number of rotatable bonds is 9. The fraction of sp³-hybridized carbons (Fsp3) is 0.333. The average Bonchev–Trinajstić information content (AvgIpc) is 3.32. The average molecular weight is 544 g/mol. The lowest BCUT2D eigenvalue weighted by atomic mass is 10.1. The first-order valence-corrected chi connectivity index (χ1v) is 13.2. The van der Waals surface area contributed by atoms with Gasteiger partial charge in [-0.15, -0.1) is 0 Å². The molecular weight excluding hydrogens is 509 g/mol. The number of carbonyl (C=O) groups is 2. The van der Waals surface area contributed by atoms with Gasteiger partial charge in [0.25, 0.3) is 11.8 Å². The smallest absolute Gasteiger partial charge is 0.294 e. The fourth-order valence-electron chi connectivity index (χ4n) is 4.15. The summed E-state index contributed by atoms with van der Waals surface area (Å²) in [4.78, 5) is 37.8. The summed E-state index contributed by atoms with van der Waals surface area (Å²) < 4.78 is 16.4. The standard InChI is InChI=1S/C30H34FN7O2/c1-19(2)15-22-9-8-21(18-34-22)28(39)35-23-11-12-25(31)20(16-23)7-10-24-17-26(38(37-24)30(3,4)5)36-29(40)27-32-13-6-14-33-27/h6,8-9,11-14,16-19H,7,10,15H2,1-5H3,(H,35,39)(H,36,40). The molecule has 40 heavy (non-hydrogen) atoms. The molecule has 2 amide bonds. The van der Waals surface area contributed by atoms with Crippen molar-refractivity contribution in [2.75, 3.05) is 10.6 Å². The molecule has 3 aromatic heterocycles. The van der Waals surface area contributed by atoms with E-state index in [-0.39, 0.29) is 17.5 Å². The van der Waals surface area contributed by atoms with Crippen molar-refractivity contribution in [2.24, 2.45) is 5.92 Å². The van der Waals surface area contributed by atoms with Gasteiger partial charge in [-0.3, -0.25) is 14.6 Å². The number of anilines is 2. The van der Waals surface area contributed by atoms with E-state index in [2.05, 4.69) is 44.5 Å². The summed E-state index contributed by atoms with van der Waals surface area (Å²) in [7, 11) is 0. The molecule has 10 heteroatoms. The highest BCUT2D eigenvalue weighted by molar-refractivity contribution is 6.04. The highest BCUT2D eigenvalue weighted by Gasteiger charge is 2.22. The molecule has 0 saturated heterocycles. The summed E-state index contributed by atoms with van der Waals surface area (Å²) in [6, 6.07) is 11.5. The van der Waals surface area contributed by atoms with Crippen molar-refractivity contribution in [3.8, 4) is 0 Å². The first-order valence-electron chi connectivity index (χ1n) is 13.2.